The minimum absolute atomic E-state index is 0.270. The first-order chi connectivity index (χ1) is 7.04. The van der Waals surface area contributed by atoms with Crippen LogP contribution in [0.15, 0.2) is 30.5 Å². The molecule has 4 heteroatoms. The molecule has 0 fully saturated rings. The highest BCUT2D eigenvalue weighted by molar-refractivity contribution is 5.84. The standard InChI is InChI=1S/C11H10F3N/c1-2-15-7-9(11(12,13)14)8-5-3-4-6-10(8)15/h3-7H,2H2,1H3. The van der Waals surface area contributed by atoms with E-state index in [1.165, 1.54) is 12.3 Å². The smallest absolute Gasteiger partial charge is 0.347 e. The first kappa shape index (κ1) is 10.1. The fraction of sp³-hybridized carbons (Fsp3) is 0.273. The van der Waals surface area contributed by atoms with Crippen molar-refractivity contribution in [2.45, 2.75) is 19.6 Å². The Morgan fingerprint density at radius 1 is 1.20 bits per heavy atom. The number of hydrogen-bond donors (Lipinski definition) is 0. The number of para-hydroxylation sites is 1. The van der Waals surface area contributed by atoms with E-state index in [1.54, 1.807) is 22.8 Å². The second-order valence-corrected chi connectivity index (χ2v) is 3.34. The van der Waals surface area contributed by atoms with Crippen molar-refractivity contribution in [2.24, 2.45) is 0 Å². The van der Waals surface area contributed by atoms with Gasteiger partial charge in [0.2, 0.25) is 0 Å². The fourth-order valence-corrected chi connectivity index (χ4v) is 1.73. The van der Waals surface area contributed by atoms with Gasteiger partial charge in [-0.2, -0.15) is 13.2 Å². The minimum Gasteiger partial charge on any atom is -0.347 e. The van der Waals surface area contributed by atoms with Gasteiger partial charge in [-0.25, -0.2) is 0 Å². The number of fused-ring (bicyclic) bond motifs is 1. The third-order valence-electron chi connectivity index (χ3n) is 2.43. The molecule has 0 bridgehead atoms. The van der Waals surface area contributed by atoms with Crippen LogP contribution in [0.1, 0.15) is 12.5 Å². The van der Waals surface area contributed by atoms with Gasteiger partial charge in [0.25, 0.3) is 0 Å². The molecule has 0 saturated heterocycles. The average Bonchev–Trinajstić information content (AvgIpc) is 2.55. The lowest BCUT2D eigenvalue weighted by Gasteiger charge is -2.03. The van der Waals surface area contributed by atoms with E-state index in [-0.39, 0.29) is 5.39 Å². The Kier molecular flexibility index (Phi) is 2.21. The number of alkyl halides is 3. The van der Waals surface area contributed by atoms with Crippen molar-refractivity contribution in [1.29, 1.82) is 0 Å². The van der Waals surface area contributed by atoms with Crippen molar-refractivity contribution >= 4 is 10.9 Å². The Bertz CT molecular complexity index is 482. The topological polar surface area (TPSA) is 4.93 Å². The summed E-state index contributed by atoms with van der Waals surface area (Å²) < 4.78 is 39.6. The Morgan fingerprint density at radius 3 is 2.47 bits per heavy atom. The minimum atomic E-state index is -4.28. The number of hydrogen-bond acceptors (Lipinski definition) is 0. The third-order valence-corrected chi connectivity index (χ3v) is 2.43. The molecule has 15 heavy (non-hydrogen) atoms. The first-order valence-corrected chi connectivity index (χ1v) is 4.69. The van der Waals surface area contributed by atoms with Gasteiger partial charge in [-0.15, -0.1) is 0 Å². The molecule has 2 rings (SSSR count). The van der Waals surface area contributed by atoms with E-state index in [0.29, 0.717) is 12.1 Å². The highest BCUT2D eigenvalue weighted by Gasteiger charge is 2.34. The zero-order valence-electron chi connectivity index (χ0n) is 8.17. The van der Waals surface area contributed by atoms with Gasteiger partial charge in [0.05, 0.1) is 5.56 Å². The van der Waals surface area contributed by atoms with Crippen LogP contribution in [0.3, 0.4) is 0 Å². The molecule has 80 valence electrons. The normalized spacial score (nSPS) is 12.3. The maximum Gasteiger partial charge on any atom is 0.418 e. The van der Waals surface area contributed by atoms with Gasteiger partial charge in [0.1, 0.15) is 0 Å². The quantitative estimate of drug-likeness (QED) is 0.681. The molecule has 0 N–H and O–H groups in total. The fourth-order valence-electron chi connectivity index (χ4n) is 1.73. The van der Waals surface area contributed by atoms with Gasteiger partial charge in [0, 0.05) is 23.6 Å². The molecule has 0 saturated carbocycles. The van der Waals surface area contributed by atoms with Crippen molar-refractivity contribution in [3.8, 4) is 0 Å². The van der Waals surface area contributed by atoms with Crippen molar-refractivity contribution in [2.75, 3.05) is 0 Å². The lowest BCUT2D eigenvalue weighted by Crippen LogP contribution is -2.03. The summed E-state index contributed by atoms with van der Waals surface area (Å²) in [7, 11) is 0. The summed E-state index contributed by atoms with van der Waals surface area (Å²) in [6, 6.07) is 6.57. The zero-order chi connectivity index (χ0) is 11.1. The van der Waals surface area contributed by atoms with Crippen LogP contribution in [-0.4, -0.2) is 4.57 Å². The van der Waals surface area contributed by atoms with E-state index in [1.807, 2.05) is 6.92 Å². The Morgan fingerprint density at radius 2 is 1.87 bits per heavy atom. The number of halogens is 3. The molecule has 0 amide bonds. The molecule has 2 aromatic rings. The Hall–Kier alpha value is -1.45. The average molecular weight is 213 g/mol. The maximum absolute atomic E-state index is 12.7. The molecule has 0 atom stereocenters. The Labute approximate surface area is 85.1 Å². The molecule has 0 spiro atoms. The predicted octanol–water partition coefficient (Wildman–Crippen LogP) is 3.68. The molecule has 0 radical (unpaired) electrons. The number of rotatable bonds is 1. The number of aryl methyl sites for hydroxylation is 1. The SMILES string of the molecule is CCn1cc(C(F)(F)F)c2ccccc21. The van der Waals surface area contributed by atoms with Crippen LogP contribution in [0.4, 0.5) is 13.2 Å². The van der Waals surface area contributed by atoms with Gasteiger partial charge in [-0.3, -0.25) is 0 Å². The van der Waals surface area contributed by atoms with E-state index < -0.39 is 11.7 Å². The molecule has 0 unspecified atom stereocenters. The molecule has 1 heterocycles. The van der Waals surface area contributed by atoms with Gasteiger partial charge < -0.3 is 4.57 Å². The van der Waals surface area contributed by atoms with E-state index in [4.69, 9.17) is 0 Å². The maximum atomic E-state index is 12.7. The number of nitrogens with zero attached hydrogens (tertiary/aromatic N) is 1. The molecule has 1 aromatic heterocycles. The monoisotopic (exact) mass is 213 g/mol. The summed E-state index contributed by atoms with van der Waals surface area (Å²) in [5.41, 5.74) is 0.0762. The second-order valence-electron chi connectivity index (χ2n) is 3.34. The van der Waals surface area contributed by atoms with Crippen molar-refractivity contribution in [3.63, 3.8) is 0 Å². The van der Waals surface area contributed by atoms with Crippen LogP contribution in [-0.2, 0) is 12.7 Å². The molecule has 1 aromatic carbocycles. The largest absolute Gasteiger partial charge is 0.418 e. The second kappa shape index (κ2) is 3.29. The van der Waals surface area contributed by atoms with Gasteiger partial charge in [-0.05, 0) is 13.0 Å². The third kappa shape index (κ3) is 1.60. The van der Waals surface area contributed by atoms with E-state index in [2.05, 4.69) is 0 Å². The van der Waals surface area contributed by atoms with Crippen molar-refractivity contribution in [3.05, 3.63) is 36.0 Å². The predicted molar refractivity (Wildman–Crippen MR) is 52.6 cm³/mol. The molecule has 0 aliphatic heterocycles. The lowest BCUT2D eigenvalue weighted by molar-refractivity contribution is -0.136. The summed E-state index contributed by atoms with van der Waals surface area (Å²) in [4.78, 5) is 0. The highest BCUT2D eigenvalue weighted by atomic mass is 19.4. The molecule has 0 aliphatic carbocycles. The molecule has 0 aliphatic rings. The summed E-state index contributed by atoms with van der Waals surface area (Å²) in [6.07, 6.45) is -3.11. The Balaban J connectivity index is 2.76. The summed E-state index contributed by atoms with van der Waals surface area (Å²) in [5.74, 6) is 0. The highest BCUT2D eigenvalue weighted by Crippen LogP contribution is 2.35. The summed E-state index contributed by atoms with van der Waals surface area (Å²) >= 11 is 0. The van der Waals surface area contributed by atoms with Gasteiger partial charge in [-0.1, -0.05) is 18.2 Å². The van der Waals surface area contributed by atoms with Crippen LogP contribution >= 0.6 is 0 Å². The number of benzene rings is 1. The molecular weight excluding hydrogens is 203 g/mol. The van der Waals surface area contributed by atoms with E-state index >= 15 is 0 Å². The van der Waals surface area contributed by atoms with Gasteiger partial charge in [0.15, 0.2) is 0 Å². The van der Waals surface area contributed by atoms with Gasteiger partial charge >= 0.3 is 6.18 Å². The number of aromatic nitrogens is 1. The summed E-state index contributed by atoms with van der Waals surface area (Å²) in [5, 5.41) is 0.270. The van der Waals surface area contributed by atoms with Crippen LogP contribution in [0.25, 0.3) is 10.9 Å². The van der Waals surface area contributed by atoms with Crippen molar-refractivity contribution in [1.82, 2.24) is 4.57 Å². The van der Waals surface area contributed by atoms with Crippen LogP contribution < -0.4 is 0 Å². The zero-order valence-corrected chi connectivity index (χ0v) is 8.17. The molecule has 1 nitrogen and oxygen atoms in total. The van der Waals surface area contributed by atoms with Crippen LogP contribution in [0.2, 0.25) is 0 Å². The first-order valence-electron chi connectivity index (χ1n) is 4.69. The van der Waals surface area contributed by atoms with Crippen molar-refractivity contribution < 1.29 is 13.2 Å². The van der Waals surface area contributed by atoms with E-state index in [0.717, 1.165) is 0 Å². The van der Waals surface area contributed by atoms with E-state index in [9.17, 15) is 13.2 Å². The van der Waals surface area contributed by atoms with Crippen LogP contribution in [0, 0.1) is 0 Å². The van der Waals surface area contributed by atoms with Crippen LogP contribution in [0.5, 0.6) is 0 Å². The molecular formula is C11H10F3N. The lowest BCUT2D eigenvalue weighted by atomic mass is 10.2. The summed E-state index contributed by atoms with van der Waals surface area (Å²) in [6.45, 7) is 2.36.